The molecule has 2 saturated heterocycles. The number of methoxy groups -OCH3 is 1. The average Bonchev–Trinajstić information content (AvgIpc) is 3.10. The average molecular weight is 318 g/mol. The summed E-state index contributed by atoms with van der Waals surface area (Å²) in [4.78, 5) is 16.4. The van der Waals surface area contributed by atoms with Crippen LogP contribution in [0.2, 0.25) is 0 Å². The van der Waals surface area contributed by atoms with Crippen LogP contribution in [0, 0.1) is 0 Å². The molecular weight excluding hydrogens is 292 g/mol. The van der Waals surface area contributed by atoms with Gasteiger partial charge in [0.2, 0.25) is 5.91 Å². The molecule has 1 N–H and O–H groups in total. The van der Waals surface area contributed by atoms with Gasteiger partial charge in [0.05, 0.1) is 6.04 Å². The number of hydrogen-bond donors (Lipinski definition) is 1. The molecule has 23 heavy (non-hydrogen) atoms. The Hall–Kier alpha value is -1.43. The lowest BCUT2D eigenvalue weighted by molar-refractivity contribution is -0.146. The molecule has 1 amide bonds. The van der Waals surface area contributed by atoms with E-state index in [2.05, 4.69) is 4.90 Å². The standard InChI is InChI=1S/C18H26N2O3/c1-23-14-17(21)20-12-9-18(22,15-7-3-2-4-8-15)16(13-20)19-10-5-6-11-19/h2-4,7-8,16,22H,5-6,9-14H2,1H3/t16-,18?/m1/s1. The minimum Gasteiger partial charge on any atom is -0.383 e. The molecule has 126 valence electrons. The SMILES string of the molecule is COCC(=O)N1CCC(O)(c2ccccc2)[C@H](N2CCCC2)C1. The van der Waals surface area contributed by atoms with Crippen molar-refractivity contribution in [1.29, 1.82) is 0 Å². The molecule has 0 aliphatic carbocycles. The van der Waals surface area contributed by atoms with Crippen LogP contribution in [-0.2, 0) is 15.1 Å². The Bertz CT molecular complexity index is 530. The largest absolute Gasteiger partial charge is 0.383 e. The van der Waals surface area contributed by atoms with Crippen LogP contribution in [0.3, 0.4) is 0 Å². The van der Waals surface area contributed by atoms with Crippen LogP contribution >= 0.6 is 0 Å². The fourth-order valence-electron chi connectivity index (χ4n) is 3.90. The van der Waals surface area contributed by atoms with Gasteiger partial charge in [0.1, 0.15) is 12.2 Å². The first kappa shape index (κ1) is 16.4. The molecule has 2 fully saturated rings. The van der Waals surface area contributed by atoms with Crippen molar-refractivity contribution in [3.63, 3.8) is 0 Å². The van der Waals surface area contributed by atoms with Crippen LogP contribution in [0.1, 0.15) is 24.8 Å². The number of benzene rings is 1. The topological polar surface area (TPSA) is 53.0 Å². The maximum atomic E-state index is 12.2. The highest BCUT2D eigenvalue weighted by atomic mass is 16.5. The van der Waals surface area contributed by atoms with E-state index in [0.29, 0.717) is 19.5 Å². The summed E-state index contributed by atoms with van der Waals surface area (Å²) in [5.41, 5.74) is 0.0610. The second-order valence-electron chi connectivity index (χ2n) is 6.57. The zero-order chi connectivity index (χ0) is 16.3. The fraction of sp³-hybridized carbons (Fsp3) is 0.611. The Morgan fingerprint density at radius 2 is 1.96 bits per heavy atom. The zero-order valence-electron chi connectivity index (χ0n) is 13.8. The molecule has 5 nitrogen and oxygen atoms in total. The van der Waals surface area contributed by atoms with E-state index in [4.69, 9.17) is 4.74 Å². The third-order valence-electron chi connectivity index (χ3n) is 5.18. The van der Waals surface area contributed by atoms with E-state index in [1.54, 1.807) is 7.11 Å². The number of likely N-dealkylation sites (tertiary alicyclic amines) is 2. The monoisotopic (exact) mass is 318 g/mol. The number of aliphatic hydroxyl groups is 1. The first-order valence-corrected chi connectivity index (χ1v) is 8.44. The van der Waals surface area contributed by atoms with Crippen molar-refractivity contribution in [1.82, 2.24) is 9.80 Å². The maximum Gasteiger partial charge on any atom is 0.248 e. The number of amides is 1. The van der Waals surface area contributed by atoms with Gasteiger partial charge in [-0.15, -0.1) is 0 Å². The highest BCUT2D eigenvalue weighted by Gasteiger charge is 2.47. The van der Waals surface area contributed by atoms with Crippen LogP contribution < -0.4 is 0 Å². The molecule has 5 heteroatoms. The Morgan fingerprint density at radius 1 is 1.26 bits per heavy atom. The summed E-state index contributed by atoms with van der Waals surface area (Å²) >= 11 is 0. The van der Waals surface area contributed by atoms with Gasteiger partial charge in [0.15, 0.2) is 0 Å². The van der Waals surface area contributed by atoms with Crippen molar-refractivity contribution < 1.29 is 14.6 Å². The molecule has 2 heterocycles. The summed E-state index contributed by atoms with van der Waals surface area (Å²) in [5.74, 6) is 0.00630. The number of rotatable bonds is 4. The lowest BCUT2D eigenvalue weighted by Crippen LogP contribution is -2.61. The summed E-state index contributed by atoms with van der Waals surface area (Å²) < 4.78 is 4.99. The van der Waals surface area contributed by atoms with Gasteiger partial charge in [-0.2, -0.15) is 0 Å². The number of carbonyl (C=O) groups is 1. The molecule has 0 saturated carbocycles. The number of hydrogen-bond acceptors (Lipinski definition) is 4. The van der Waals surface area contributed by atoms with E-state index in [9.17, 15) is 9.90 Å². The molecule has 2 atom stereocenters. The van der Waals surface area contributed by atoms with Gasteiger partial charge >= 0.3 is 0 Å². The Labute approximate surface area is 137 Å². The maximum absolute atomic E-state index is 12.2. The molecule has 2 aliphatic heterocycles. The van der Waals surface area contributed by atoms with Gasteiger partial charge in [-0.1, -0.05) is 30.3 Å². The number of nitrogens with zero attached hydrogens (tertiary/aromatic N) is 2. The quantitative estimate of drug-likeness (QED) is 0.907. The number of piperidine rings is 1. The summed E-state index contributed by atoms with van der Waals surface area (Å²) in [7, 11) is 1.54. The van der Waals surface area contributed by atoms with Gasteiger partial charge in [-0.05, 0) is 37.9 Å². The number of ether oxygens (including phenoxy) is 1. The summed E-state index contributed by atoms with van der Waals surface area (Å²) in [6.07, 6.45) is 2.88. The minimum absolute atomic E-state index is 0.00630. The second-order valence-corrected chi connectivity index (χ2v) is 6.57. The van der Waals surface area contributed by atoms with Crippen LogP contribution in [0.5, 0.6) is 0 Å². The summed E-state index contributed by atoms with van der Waals surface area (Å²) in [6.45, 7) is 3.22. The van der Waals surface area contributed by atoms with Crippen LogP contribution in [0.4, 0.5) is 0 Å². The molecule has 0 radical (unpaired) electrons. The van der Waals surface area contributed by atoms with E-state index in [-0.39, 0.29) is 18.6 Å². The predicted molar refractivity (Wildman–Crippen MR) is 88.0 cm³/mol. The molecule has 0 spiro atoms. The molecule has 0 aromatic heterocycles. The third-order valence-corrected chi connectivity index (χ3v) is 5.18. The fourth-order valence-corrected chi connectivity index (χ4v) is 3.90. The smallest absolute Gasteiger partial charge is 0.248 e. The van der Waals surface area contributed by atoms with E-state index >= 15 is 0 Å². The van der Waals surface area contributed by atoms with Crippen LogP contribution in [0.25, 0.3) is 0 Å². The molecule has 3 rings (SSSR count). The third kappa shape index (κ3) is 3.27. The van der Waals surface area contributed by atoms with Crippen LogP contribution in [0.15, 0.2) is 30.3 Å². The van der Waals surface area contributed by atoms with Crippen molar-refractivity contribution in [3.8, 4) is 0 Å². The molecule has 1 aromatic rings. The van der Waals surface area contributed by atoms with Crippen molar-refractivity contribution in [2.45, 2.75) is 30.9 Å². The normalized spacial score (nSPS) is 29.0. The Morgan fingerprint density at radius 3 is 2.61 bits per heavy atom. The molecular formula is C18H26N2O3. The molecule has 0 bridgehead atoms. The molecule has 1 aromatic carbocycles. The van der Waals surface area contributed by atoms with Gasteiger partial charge in [0.25, 0.3) is 0 Å². The number of carbonyl (C=O) groups excluding carboxylic acids is 1. The van der Waals surface area contributed by atoms with Crippen molar-refractivity contribution in [2.24, 2.45) is 0 Å². The van der Waals surface area contributed by atoms with Crippen molar-refractivity contribution in [2.75, 3.05) is 39.9 Å². The van der Waals surface area contributed by atoms with Gasteiger partial charge in [-0.3, -0.25) is 9.69 Å². The van der Waals surface area contributed by atoms with Gasteiger partial charge in [-0.25, -0.2) is 0 Å². The first-order valence-electron chi connectivity index (χ1n) is 8.44. The highest BCUT2D eigenvalue weighted by Crippen LogP contribution is 2.37. The van der Waals surface area contributed by atoms with Crippen LogP contribution in [-0.4, -0.2) is 66.8 Å². The molecule has 2 aliphatic rings. The zero-order valence-corrected chi connectivity index (χ0v) is 13.8. The second kappa shape index (κ2) is 6.99. The van der Waals surface area contributed by atoms with E-state index in [1.165, 1.54) is 0 Å². The first-order chi connectivity index (χ1) is 11.1. The van der Waals surface area contributed by atoms with Gasteiger partial charge in [0, 0.05) is 20.2 Å². The van der Waals surface area contributed by atoms with E-state index in [1.807, 2.05) is 35.2 Å². The summed E-state index contributed by atoms with van der Waals surface area (Å²) in [5, 5.41) is 11.5. The van der Waals surface area contributed by atoms with Gasteiger partial charge < -0.3 is 14.7 Å². The van der Waals surface area contributed by atoms with Crippen molar-refractivity contribution in [3.05, 3.63) is 35.9 Å². The predicted octanol–water partition coefficient (Wildman–Crippen LogP) is 1.22. The van der Waals surface area contributed by atoms with Crippen molar-refractivity contribution >= 4 is 5.91 Å². The lowest BCUT2D eigenvalue weighted by atomic mass is 9.79. The lowest BCUT2D eigenvalue weighted by Gasteiger charge is -2.48. The Balaban J connectivity index is 1.86. The van der Waals surface area contributed by atoms with E-state index in [0.717, 1.165) is 31.5 Å². The highest BCUT2D eigenvalue weighted by molar-refractivity contribution is 5.77. The molecule has 1 unspecified atom stereocenters. The minimum atomic E-state index is -0.893. The summed E-state index contributed by atoms with van der Waals surface area (Å²) in [6, 6.07) is 9.84. The van der Waals surface area contributed by atoms with E-state index < -0.39 is 5.60 Å². The Kier molecular flexibility index (Phi) is 4.99.